The van der Waals surface area contributed by atoms with Crippen LogP contribution in [0.4, 0.5) is 0 Å². The molecule has 0 aromatic rings. The molecule has 0 aromatic heterocycles. The van der Waals surface area contributed by atoms with Gasteiger partial charge in [0.05, 0.1) is 6.61 Å². The van der Waals surface area contributed by atoms with Crippen molar-refractivity contribution in [3.63, 3.8) is 0 Å². The Morgan fingerprint density at radius 3 is 1.17 bits per heavy atom. The van der Waals surface area contributed by atoms with Crippen molar-refractivity contribution in [3.05, 3.63) is 0 Å². The Morgan fingerprint density at radius 2 is 0.788 bits per heavy atom. The summed E-state index contributed by atoms with van der Waals surface area (Å²) in [6.45, 7) is 11.2. The summed E-state index contributed by atoms with van der Waals surface area (Å²) in [6.07, 6.45) is 39.6. The molecule has 310 valence electrons. The number of rotatable bonds is 42. The van der Waals surface area contributed by atoms with Crippen LogP contribution in [0.2, 0.25) is 0 Å². The molecule has 0 heterocycles. The van der Waals surface area contributed by atoms with Crippen LogP contribution in [0, 0.1) is 11.8 Å². The fourth-order valence-electron chi connectivity index (χ4n) is 8.79. The summed E-state index contributed by atoms with van der Waals surface area (Å²) in [5, 5.41) is 28.7. The Bertz CT molecular complexity index is 739. The zero-order chi connectivity index (χ0) is 38.5. The molecule has 0 saturated carbocycles. The van der Waals surface area contributed by atoms with E-state index in [1.807, 2.05) is 0 Å². The first kappa shape index (κ1) is 50.9. The standard InChI is InChI=1S/C46H91NO5/c1-5-9-18-28-42(29-19-10-6-2)32-26-37-46(36-24-16-15-23-35-45(51)52,38-27-33-43(30-20-11-7-3)31-21-12-8-4)47(40-41-48)39-25-17-13-14-22-34-44(49)50/h42-43,48H,5-41H2,1-4H3,(H,49,50)(H,51,52). The van der Waals surface area contributed by atoms with Gasteiger partial charge in [-0.1, -0.05) is 195 Å². The van der Waals surface area contributed by atoms with Crippen molar-refractivity contribution in [2.75, 3.05) is 19.7 Å². The summed E-state index contributed by atoms with van der Waals surface area (Å²) in [5.74, 6) is 0.264. The van der Waals surface area contributed by atoms with E-state index in [9.17, 15) is 19.8 Å². The molecule has 52 heavy (non-hydrogen) atoms. The van der Waals surface area contributed by atoms with E-state index in [0.717, 1.165) is 89.1 Å². The Hall–Kier alpha value is -1.14. The quantitative estimate of drug-likeness (QED) is 0.0540. The Labute approximate surface area is 324 Å². The van der Waals surface area contributed by atoms with Crippen LogP contribution in [0.15, 0.2) is 0 Å². The molecule has 0 atom stereocenters. The van der Waals surface area contributed by atoms with Gasteiger partial charge in [0, 0.05) is 24.9 Å². The van der Waals surface area contributed by atoms with E-state index in [0.29, 0.717) is 0 Å². The molecular formula is C46H91NO5. The maximum atomic E-state index is 11.2. The number of carboxylic acids is 2. The van der Waals surface area contributed by atoms with Gasteiger partial charge in [-0.3, -0.25) is 14.5 Å². The molecule has 0 rings (SSSR count). The van der Waals surface area contributed by atoms with Crippen LogP contribution < -0.4 is 0 Å². The normalized spacial score (nSPS) is 12.2. The molecule has 6 nitrogen and oxygen atoms in total. The predicted octanol–water partition coefficient (Wildman–Crippen LogP) is 13.8. The molecule has 0 fully saturated rings. The van der Waals surface area contributed by atoms with Crippen LogP contribution in [0.25, 0.3) is 0 Å². The third-order valence-electron chi connectivity index (χ3n) is 12.0. The van der Waals surface area contributed by atoms with E-state index in [1.165, 1.54) is 141 Å². The van der Waals surface area contributed by atoms with Crippen molar-refractivity contribution in [1.29, 1.82) is 0 Å². The second-order valence-electron chi connectivity index (χ2n) is 16.7. The SMILES string of the molecule is CCCCCC(CCCCC)CCCC(CCCCCCC(=O)O)(CCCC(CCCCC)CCCCC)N(CCO)CCCCCCCC(=O)O. The Kier molecular flexibility index (Phi) is 36.0. The van der Waals surface area contributed by atoms with Gasteiger partial charge in [0.1, 0.15) is 0 Å². The first-order valence-electron chi connectivity index (χ1n) is 23.1. The van der Waals surface area contributed by atoms with E-state index in [1.54, 1.807) is 0 Å². The second-order valence-corrected chi connectivity index (χ2v) is 16.7. The maximum Gasteiger partial charge on any atom is 0.303 e. The number of carbonyl (C=O) groups is 2. The highest BCUT2D eigenvalue weighted by Crippen LogP contribution is 2.37. The van der Waals surface area contributed by atoms with E-state index in [2.05, 4.69) is 32.6 Å². The van der Waals surface area contributed by atoms with Crippen molar-refractivity contribution in [3.8, 4) is 0 Å². The maximum absolute atomic E-state index is 11.2. The lowest BCUT2D eigenvalue weighted by atomic mass is 9.77. The van der Waals surface area contributed by atoms with Crippen LogP contribution in [-0.4, -0.2) is 57.4 Å². The lowest BCUT2D eigenvalue weighted by molar-refractivity contribution is -0.138. The van der Waals surface area contributed by atoms with Crippen molar-refractivity contribution in [2.45, 2.75) is 252 Å². The topological polar surface area (TPSA) is 98.1 Å². The third-order valence-corrected chi connectivity index (χ3v) is 12.0. The lowest BCUT2D eigenvalue weighted by Crippen LogP contribution is -2.50. The lowest BCUT2D eigenvalue weighted by Gasteiger charge is -2.46. The molecule has 0 saturated heterocycles. The first-order chi connectivity index (χ1) is 25.3. The molecule has 0 radical (unpaired) electrons. The van der Waals surface area contributed by atoms with Crippen LogP contribution in [-0.2, 0) is 9.59 Å². The zero-order valence-corrected chi connectivity index (χ0v) is 35.4. The summed E-state index contributed by atoms with van der Waals surface area (Å²) >= 11 is 0. The van der Waals surface area contributed by atoms with Gasteiger partial charge in [0.2, 0.25) is 0 Å². The van der Waals surface area contributed by atoms with Gasteiger partial charge in [-0.2, -0.15) is 0 Å². The average Bonchev–Trinajstić information content (AvgIpc) is 3.11. The van der Waals surface area contributed by atoms with Gasteiger partial charge in [0.25, 0.3) is 0 Å². The second kappa shape index (κ2) is 36.8. The fourth-order valence-corrected chi connectivity index (χ4v) is 8.79. The van der Waals surface area contributed by atoms with Crippen molar-refractivity contribution < 1.29 is 24.9 Å². The minimum atomic E-state index is -0.696. The molecule has 0 aliphatic heterocycles. The van der Waals surface area contributed by atoms with Crippen LogP contribution in [0.5, 0.6) is 0 Å². The Morgan fingerprint density at radius 1 is 0.442 bits per heavy atom. The molecule has 0 amide bonds. The Balaban J connectivity index is 6.14. The molecule has 0 aromatic carbocycles. The molecule has 0 aliphatic carbocycles. The fraction of sp³-hybridized carbons (Fsp3) is 0.957. The molecule has 0 unspecified atom stereocenters. The number of hydrogen-bond acceptors (Lipinski definition) is 4. The van der Waals surface area contributed by atoms with Crippen molar-refractivity contribution in [2.24, 2.45) is 11.8 Å². The van der Waals surface area contributed by atoms with Gasteiger partial charge < -0.3 is 15.3 Å². The largest absolute Gasteiger partial charge is 0.481 e. The number of nitrogens with zero attached hydrogens (tertiary/aromatic N) is 1. The number of aliphatic carboxylic acids is 2. The van der Waals surface area contributed by atoms with Crippen molar-refractivity contribution >= 4 is 11.9 Å². The highest BCUT2D eigenvalue weighted by Gasteiger charge is 2.35. The van der Waals surface area contributed by atoms with Gasteiger partial charge in [0.15, 0.2) is 0 Å². The van der Waals surface area contributed by atoms with E-state index >= 15 is 0 Å². The highest BCUT2D eigenvalue weighted by atomic mass is 16.4. The first-order valence-corrected chi connectivity index (χ1v) is 23.1. The number of aliphatic hydroxyl groups excluding tert-OH is 1. The molecule has 3 N–H and O–H groups in total. The van der Waals surface area contributed by atoms with Crippen LogP contribution >= 0.6 is 0 Å². The van der Waals surface area contributed by atoms with E-state index < -0.39 is 11.9 Å². The molecule has 0 bridgehead atoms. The molecule has 0 aliphatic rings. The summed E-state index contributed by atoms with van der Waals surface area (Å²) < 4.78 is 0. The summed E-state index contributed by atoms with van der Waals surface area (Å²) in [4.78, 5) is 24.9. The van der Waals surface area contributed by atoms with Gasteiger partial charge in [-0.25, -0.2) is 0 Å². The summed E-state index contributed by atoms with van der Waals surface area (Å²) in [5.41, 5.74) is 0.0770. The van der Waals surface area contributed by atoms with E-state index in [-0.39, 0.29) is 25.0 Å². The van der Waals surface area contributed by atoms with E-state index in [4.69, 9.17) is 5.11 Å². The average molecular weight is 738 g/mol. The minimum Gasteiger partial charge on any atom is -0.481 e. The third kappa shape index (κ3) is 29.2. The summed E-state index contributed by atoms with van der Waals surface area (Å²) in [7, 11) is 0. The highest BCUT2D eigenvalue weighted by molar-refractivity contribution is 5.66. The van der Waals surface area contributed by atoms with Gasteiger partial charge >= 0.3 is 11.9 Å². The van der Waals surface area contributed by atoms with Crippen LogP contribution in [0.1, 0.15) is 246 Å². The number of aliphatic hydroxyl groups is 1. The van der Waals surface area contributed by atoms with Crippen LogP contribution in [0.3, 0.4) is 0 Å². The number of carboxylic acid groups (broad SMARTS) is 2. The van der Waals surface area contributed by atoms with Gasteiger partial charge in [-0.15, -0.1) is 0 Å². The zero-order valence-electron chi connectivity index (χ0n) is 35.4. The molecule has 6 heteroatoms. The molecule has 0 spiro atoms. The molecular weight excluding hydrogens is 647 g/mol. The number of hydrogen-bond donors (Lipinski definition) is 3. The summed E-state index contributed by atoms with van der Waals surface area (Å²) in [6, 6.07) is 0. The predicted molar refractivity (Wildman–Crippen MR) is 223 cm³/mol. The number of β-amino-alcohol motifs (C(OH)–C–C–N with tert-alkyl or cyclic N) is 1. The van der Waals surface area contributed by atoms with Gasteiger partial charge in [-0.05, 0) is 56.9 Å². The monoisotopic (exact) mass is 738 g/mol. The minimum absolute atomic E-state index is 0.0770. The smallest absolute Gasteiger partial charge is 0.303 e. The van der Waals surface area contributed by atoms with Crippen molar-refractivity contribution in [1.82, 2.24) is 4.90 Å². The number of unbranched alkanes of at least 4 members (excludes halogenated alkanes) is 15.